The molecule has 0 amide bonds. The molecule has 0 aliphatic carbocycles. The lowest BCUT2D eigenvalue weighted by Crippen LogP contribution is -2.54. The Hall–Kier alpha value is -0.280. The molecule has 1 rings (SSSR count). The SMILES string of the molecule is CCCCCCCCCCCCCCCCCCOC[C@H](O)CO[C@@H]1OC[C@@H](O)[C@@H](O)[C@@H]1O. The summed E-state index contributed by atoms with van der Waals surface area (Å²) < 4.78 is 15.9. The summed E-state index contributed by atoms with van der Waals surface area (Å²) in [5.41, 5.74) is 0. The first-order valence-corrected chi connectivity index (χ1v) is 13.6. The predicted octanol–water partition coefficient (Wildman–Crippen LogP) is 4.08. The van der Waals surface area contributed by atoms with Gasteiger partial charge < -0.3 is 34.6 Å². The first-order valence-electron chi connectivity index (χ1n) is 13.6. The van der Waals surface area contributed by atoms with Gasteiger partial charge in [-0.3, -0.25) is 0 Å². The van der Waals surface area contributed by atoms with Gasteiger partial charge in [0, 0.05) is 6.61 Å². The lowest BCUT2D eigenvalue weighted by atomic mass is 10.0. The number of hydrogen-bond acceptors (Lipinski definition) is 7. The number of unbranched alkanes of at least 4 members (excludes halogenated alkanes) is 15. The Morgan fingerprint density at radius 1 is 0.697 bits per heavy atom. The maximum Gasteiger partial charge on any atom is 0.186 e. The van der Waals surface area contributed by atoms with Crippen molar-refractivity contribution in [2.24, 2.45) is 0 Å². The van der Waals surface area contributed by atoms with E-state index in [0.717, 1.165) is 12.8 Å². The average Bonchev–Trinajstić information content (AvgIpc) is 2.81. The molecule has 7 heteroatoms. The first-order chi connectivity index (χ1) is 16.1. The van der Waals surface area contributed by atoms with Gasteiger partial charge in [0.25, 0.3) is 0 Å². The van der Waals surface area contributed by atoms with Crippen LogP contribution in [0.4, 0.5) is 0 Å². The van der Waals surface area contributed by atoms with Crippen LogP contribution in [0.3, 0.4) is 0 Å². The molecule has 4 N–H and O–H groups in total. The van der Waals surface area contributed by atoms with Crippen LogP contribution in [0.25, 0.3) is 0 Å². The van der Waals surface area contributed by atoms with Gasteiger partial charge >= 0.3 is 0 Å². The van der Waals surface area contributed by atoms with E-state index in [9.17, 15) is 20.4 Å². The van der Waals surface area contributed by atoms with Gasteiger partial charge in [0.05, 0.1) is 19.8 Å². The van der Waals surface area contributed by atoms with Crippen molar-refractivity contribution in [1.82, 2.24) is 0 Å². The molecule has 0 aromatic rings. The lowest BCUT2D eigenvalue weighted by Gasteiger charge is -2.35. The molecule has 7 nitrogen and oxygen atoms in total. The zero-order chi connectivity index (χ0) is 24.2. The molecule has 5 atom stereocenters. The molecule has 1 saturated heterocycles. The van der Waals surface area contributed by atoms with Gasteiger partial charge in [0.1, 0.15) is 24.4 Å². The van der Waals surface area contributed by atoms with Gasteiger partial charge in [0.2, 0.25) is 0 Å². The fraction of sp³-hybridized carbons (Fsp3) is 1.00. The monoisotopic (exact) mass is 476 g/mol. The van der Waals surface area contributed by atoms with E-state index in [0.29, 0.717) is 6.61 Å². The zero-order valence-electron chi connectivity index (χ0n) is 21.0. The van der Waals surface area contributed by atoms with E-state index in [-0.39, 0.29) is 19.8 Å². The third kappa shape index (κ3) is 16.1. The van der Waals surface area contributed by atoms with Crippen molar-refractivity contribution in [2.75, 3.05) is 26.4 Å². The van der Waals surface area contributed by atoms with E-state index in [2.05, 4.69) is 6.92 Å². The second kappa shape index (κ2) is 21.0. The molecule has 33 heavy (non-hydrogen) atoms. The van der Waals surface area contributed by atoms with Crippen molar-refractivity contribution in [3.05, 3.63) is 0 Å². The van der Waals surface area contributed by atoms with Gasteiger partial charge in [-0.1, -0.05) is 103 Å². The number of aliphatic hydroxyl groups is 4. The van der Waals surface area contributed by atoms with Gasteiger partial charge in [-0.2, -0.15) is 0 Å². The Morgan fingerprint density at radius 3 is 1.70 bits per heavy atom. The third-order valence-corrected chi connectivity index (χ3v) is 6.36. The maximum atomic E-state index is 9.92. The predicted molar refractivity (Wildman–Crippen MR) is 130 cm³/mol. The quantitative estimate of drug-likeness (QED) is 0.174. The van der Waals surface area contributed by atoms with Gasteiger partial charge in [-0.05, 0) is 6.42 Å². The molecular formula is C26H52O7. The van der Waals surface area contributed by atoms with E-state index < -0.39 is 30.7 Å². The van der Waals surface area contributed by atoms with Crippen LogP contribution in [0.5, 0.6) is 0 Å². The molecular weight excluding hydrogens is 424 g/mol. The van der Waals surface area contributed by atoms with E-state index in [1.807, 2.05) is 0 Å². The molecule has 1 heterocycles. The minimum atomic E-state index is -1.34. The third-order valence-electron chi connectivity index (χ3n) is 6.36. The van der Waals surface area contributed by atoms with Crippen LogP contribution < -0.4 is 0 Å². The van der Waals surface area contributed by atoms with Crippen LogP contribution >= 0.6 is 0 Å². The summed E-state index contributed by atoms with van der Waals surface area (Å²) in [5.74, 6) is 0. The summed E-state index contributed by atoms with van der Waals surface area (Å²) in [6.07, 6.45) is 15.7. The Kier molecular flexibility index (Phi) is 19.6. The molecule has 0 unspecified atom stereocenters. The average molecular weight is 477 g/mol. The largest absolute Gasteiger partial charge is 0.388 e. The second-order valence-corrected chi connectivity index (χ2v) is 9.62. The zero-order valence-corrected chi connectivity index (χ0v) is 21.0. The minimum absolute atomic E-state index is 0.0660. The molecule has 0 aromatic heterocycles. The molecule has 1 aliphatic heterocycles. The van der Waals surface area contributed by atoms with Crippen molar-refractivity contribution < 1.29 is 34.6 Å². The molecule has 198 valence electrons. The summed E-state index contributed by atoms with van der Waals surface area (Å²) in [5, 5.41) is 38.7. The summed E-state index contributed by atoms with van der Waals surface area (Å²) in [6.45, 7) is 2.86. The molecule has 1 aliphatic rings. The van der Waals surface area contributed by atoms with Crippen LogP contribution in [-0.2, 0) is 14.2 Å². The Bertz CT molecular complexity index is 423. The first kappa shape index (κ1) is 30.8. The summed E-state index contributed by atoms with van der Waals surface area (Å²) >= 11 is 0. The standard InChI is InChI=1S/C26H52O7/c1-2-3-4-5-6-7-8-9-10-11-12-13-14-15-16-17-18-31-19-22(27)20-32-26-25(30)24(29)23(28)21-33-26/h22-30H,2-21H2,1H3/t22-,23+,24+,25-,26+/m0/s1. The van der Waals surface area contributed by atoms with E-state index in [1.165, 1.54) is 89.9 Å². The maximum absolute atomic E-state index is 9.92. The highest BCUT2D eigenvalue weighted by atomic mass is 16.7. The van der Waals surface area contributed by atoms with Gasteiger partial charge in [-0.25, -0.2) is 0 Å². The van der Waals surface area contributed by atoms with Crippen molar-refractivity contribution in [3.63, 3.8) is 0 Å². The Morgan fingerprint density at radius 2 is 1.18 bits per heavy atom. The highest BCUT2D eigenvalue weighted by Crippen LogP contribution is 2.17. The summed E-state index contributed by atoms with van der Waals surface area (Å²) in [6, 6.07) is 0. The number of hydrogen-bond donors (Lipinski definition) is 4. The molecule has 0 aromatic carbocycles. The topological polar surface area (TPSA) is 109 Å². The van der Waals surface area contributed by atoms with Crippen LogP contribution in [0.15, 0.2) is 0 Å². The molecule has 0 spiro atoms. The van der Waals surface area contributed by atoms with Crippen LogP contribution in [0, 0.1) is 0 Å². The smallest absolute Gasteiger partial charge is 0.186 e. The lowest BCUT2D eigenvalue weighted by molar-refractivity contribution is -0.275. The normalized spacial score (nSPS) is 24.3. The second-order valence-electron chi connectivity index (χ2n) is 9.62. The van der Waals surface area contributed by atoms with Gasteiger partial charge in [-0.15, -0.1) is 0 Å². The minimum Gasteiger partial charge on any atom is -0.388 e. The molecule has 0 radical (unpaired) electrons. The fourth-order valence-corrected chi connectivity index (χ4v) is 4.15. The van der Waals surface area contributed by atoms with Crippen LogP contribution in [-0.4, -0.2) is 77.6 Å². The van der Waals surface area contributed by atoms with Crippen molar-refractivity contribution >= 4 is 0 Å². The fourth-order valence-electron chi connectivity index (χ4n) is 4.15. The highest BCUT2D eigenvalue weighted by molar-refractivity contribution is 4.82. The number of rotatable bonds is 22. The van der Waals surface area contributed by atoms with Gasteiger partial charge in [0.15, 0.2) is 6.29 Å². The summed E-state index contributed by atoms with van der Waals surface area (Å²) in [4.78, 5) is 0. The Labute approximate surface area is 201 Å². The van der Waals surface area contributed by atoms with Crippen molar-refractivity contribution in [2.45, 2.75) is 140 Å². The van der Waals surface area contributed by atoms with Crippen LogP contribution in [0.1, 0.15) is 110 Å². The van der Waals surface area contributed by atoms with E-state index in [4.69, 9.17) is 14.2 Å². The van der Waals surface area contributed by atoms with E-state index >= 15 is 0 Å². The molecule has 0 bridgehead atoms. The Balaban J connectivity index is 1.79. The van der Waals surface area contributed by atoms with Crippen LogP contribution in [0.2, 0.25) is 0 Å². The number of aliphatic hydroxyl groups excluding tert-OH is 4. The van der Waals surface area contributed by atoms with Crippen molar-refractivity contribution in [1.29, 1.82) is 0 Å². The van der Waals surface area contributed by atoms with Crippen molar-refractivity contribution in [3.8, 4) is 0 Å². The number of ether oxygens (including phenoxy) is 3. The highest BCUT2D eigenvalue weighted by Gasteiger charge is 2.38. The molecule has 1 fully saturated rings. The summed E-state index contributed by atoms with van der Waals surface area (Å²) in [7, 11) is 0. The molecule has 0 saturated carbocycles. The van der Waals surface area contributed by atoms with E-state index in [1.54, 1.807) is 0 Å².